The number of aryl methyl sites for hydroxylation is 1. The molecule has 0 aliphatic carbocycles. The molecule has 0 heterocycles. The van der Waals surface area contributed by atoms with Crippen LogP contribution < -0.4 is 5.73 Å². The van der Waals surface area contributed by atoms with Crippen molar-refractivity contribution in [1.82, 2.24) is 0 Å². The Morgan fingerprint density at radius 3 is 1.19 bits per heavy atom. The van der Waals surface area contributed by atoms with Gasteiger partial charge >= 0.3 is 0 Å². The Morgan fingerprint density at radius 2 is 0.833 bits per heavy atom. The van der Waals surface area contributed by atoms with Crippen LogP contribution in [-0.2, 0) is 0 Å². The highest BCUT2D eigenvalue weighted by molar-refractivity contribution is 5.65. The minimum atomic E-state index is -0.274. The van der Waals surface area contributed by atoms with E-state index in [0.29, 0.717) is 5.69 Å². The Balaban J connectivity index is 1.74. The standard InChI is InChI=1S/C33H27F2N/c1-22-20-29(31(23-8-4-2-5-9-23)25-12-16-27(34)17-13-25)33(36)30(21-22)32(24-10-6-3-7-11-24)26-14-18-28(35)19-15-26/h2-21,31-32H,36H2,1H3. The van der Waals surface area contributed by atoms with Gasteiger partial charge in [0.2, 0.25) is 0 Å². The Kier molecular flexibility index (Phi) is 6.64. The number of halogens is 2. The van der Waals surface area contributed by atoms with Gasteiger partial charge in [0.15, 0.2) is 0 Å². The number of anilines is 1. The molecule has 2 N–H and O–H groups in total. The fourth-order valence-corrected chi connectivity index (χ4v) is 5.04. The summed E-state index contributed by atoms with van der Waals surface area (Å²) in [4.78, 5) is 0. The van der Waals surface area contributed by atoms with Gasteiger partial charge in [-0.2, -0.15) is 0 Å². The molecule has 0 aliphatic rings. The highest BCUT2D eigenvalue weighted by Gasteiger charge is 2.26. The van der Waals surface area contributed by atoms with Crippen molar-refractivity contribution in [3.63, 3.8) is 0 Å². The average molecular weight is 476 g/mol. The molecule has 2 unspecified atom stereocenters. The van der Waals surface area contributed by atoms with Crippen LogP contribution in [0.3, 0.4) is 0 Å². The van der Waals surface area contributed by atoms with Crippen LogP contribution in [0.4, 0.5) is 14.5 Å². The molecule has 2 atom stereocenters. The number of nitrogens with two attached hydrogens (primary N) is 1. The van der Waals surface area contributed by atoms with Gasteiger partial charge in [-0.1, -0.05) is 103 Å². The topological polar surface area (TPSA) is 26.0 Å². The van der Waals surface area contributed by atoms with Crippen LogP contribution in [-0.4, -0.2) is 0 Å². The molecule has 178 valence electrons. The summed E-state index contributed by atoms with van der Waals surface area (Å²) in [7, 11) is 0. The monoisotopic (exact) mass is 475 g/mol. The summed E-state index contributed by atoms with van der Waals surface area (Å²) in [5.74, 6) is -0.891. The fraction of sp³-hybridized carbons (Fsp3) is 0.0909. The molecule has 1 nitrogen and oxygen atoms in total. The van der Waals surface area contributed by atoms with E-state index in [0.717, 1.165) is 38.9 Å². The summed E-state index contributed by atoms with van der Waals surface area (Å²) in [6.07, 6.45) is 0. The van der Waals surface area contributed by atoms with E-state index in [2.05, 4.69) is 43.3 Å². The van der Waals surface area contributed by atoms with Gasteiger partial charge in [0.25, 0.3) is 0 Å². The van der Waals surface area contributed by atoms with Crippen LogP contribution in [0.2, 0.25) is 0 Å². The molecule has 36 heavy (non-hydrogen) atoms. The fourth-order valence-electron chi connectivity index (χ4n) is 5.04. The minimum Gasteiger partial charge on any atom is -0.398 e. The molecule has 0 bridgehead atoms. The first-order valence-corrected chi connectivity index (χ1v) is 12.0. The van der Waals surface area contributed by atoms with E-state index in [1.807, 2.05) is 60.7 Å². The van der Waals surface area contributed by atoms with Gasteiger partial charge in [-0.25, -0.2) is 8.78 Å². The van der Waals surface area contributed by atoms with Crippen molar-refractivity contribution in [2.75, 3.05) is 5.73 Å². The highest BCUT2D eigenvalue weighted by atomic mass is 19.1. The van der Waals surface area contributed by atoms with Crippen LogP contribution in [0.5, 0.6) is 0 Å². The maximum Gasteiger partial charge on any atom is 0.123 e. The summed E-state index contributed by atoms with van der Waals surface area (Å²) in [6.45, 7) is 2.06. The number of hydrogen-bond acceptors (Lipinski definition) is 1. The van der Waals surface area contributed by atoms with E-state index in [1.165, 1.54) is 24.3 Å². The molecule has 5 rings (SSSR count). The van der Waals surface area contributed by atoms with Crippen molar-refractivity contribution in [3.8, 4) is 0 Å². The van der Waals surface area contributed by atoms with E-state index in [-0.39, 0.29) is 23.5 Å². The third-order valence-electron chi connectivity index (χ3n) is 6.68. The molecular weight excluding hydrogens is 448 g/mol. The van der Waals surface area contributed by atoms with Crippen LogP contribution in [0.1, 0.15) is 50.8 Å². The molecule has 0 saturated heterocycles. The smallest absolute Gasteiger partial charge is 0.123 e. The van der Waals surface area contributed by atoms with Crippen molar-refractivity contribution in [3.05, 3.63) is 172 Å². The molecule has 0 spiro atoms. The lowest BCUT2D eigenvalue weighted by molar-refractivity contribution is 0.626. The highest BCUT2D eigenvalue weighted by Crippen LogP contribution is 2.42. The largest absolute Gasteiger partial charge is 0.398 e. The van der Waals surface area contributed by atoms with Gasteiger partial charge in [0, 0.05) is 17.5 Å². The second kappa shape index (κ2) is 10.2. The predicted octanol–water partition coefficient (Wildman–Crippen LogP) is 8.22. The van der Waals surface area contributed by atoms with E-state index >= 15 is 0 Å². The first-order valence-electron chi connectivity index (χ1n) is 12.0. The maximum absolute atomic E-state index is 13.8. The Hall–Kier alpha value is -4.24. The maximum atomic E-state index is 13.8. The summed E-state index contributed by atoms with van der Waals surface area (Å²) < 4.78 is 27.6. The van der Waals surface area contributed by atoms with Crippen LogP contribution in [0.25, 0.3) is 0 Å². The van der Waals surface area contributed by atoms with Gasteiger partial charge < -0.3 is 5.73 Å². The Labute approximate surface area is 210 Å². The van der Waals surface area contributed by atoms with E-state index in [1.54, 1.807) is 0 Å². The number of rotatable bonds is 6. The van der Waals surface area contributed by atoms with Crippen LogP contribution >= 0.6 is 0 Å². The van der Waals surface area contributed by atoms with Gasteiger partial charge in [-0.15, -0.1) is 0 Å². The van der Waals surface area contributed by atoms with E-state index in [9.17, 15) is 8.78 Å². The van der Waals surface area contributed by atoms with E-state index in [4.69, 9.17) is 5.73 Å². The summed E-state index contributed by atoms with van der Waals surface area (Å²) in [5.41, 5.74) is 14.8. The molecule has 5 aromatic carbocycles. The summed E-state index contributed by atoms with van der Waals surface area (Å²) in [6, 6.07) is 37.8. The normalized spacial score (nSPS) is 12.8. The lowest BCUT2D eigenvalue weighted by atomic mass is 9.78. The van der Waals surface area contributed by atoms with E-state index < -0.39 is 0 Å². The second-order valence-electron chi connectivity index (χ2n) is 9.15. The lowest BCUT2D eigenvalue weighted by Gasteiger charge is -2.27. The minimum absolute atomic E-state index is 0.171. The third kappa shape index (κ3) is 4.78. The zero-order chi connectivity index (χ0) is 25.1. The van der Waals surface area contributed by atoms with Gasteiger partial charge in [0.1, 0.15) is 11.6 Å². The van der Waals surface area contributed by atoms with Gasteiger partial charge in [-0.05, 0) is 64.6 Å². The van der Waals surface area contributed by atoms with Gasteiger partial charge in [-0.3, -0.25) is 0 Å². The van der Waals surface area contributed by atoms with Crippen molar-refractivity contribution < 1.29 is 8.78 Å². The summed E-state index contributed by atoms with van der Waals surface area (Å²) in [5, 5.41) is 0. The lowest BCUT2D eigenvalue weighted by Crippen LogP contribution is -2.13. The molecule has 5 aromatic rings. The molecule has 3 heteroatoms. The molecule has 0 fully saturated rings. The first kappa shape index (κ1) is 23.5. The van der Waals surface area contributed by atoms with Crippen LogP contribution in [0, 0.1) is 18.6 Å². The number of hydrogen-bond donors (Lipinski definition) is 1. The predicted molar refractivity (Wildman–Crippen MR) is 143 cm³/mol. The van der Waals surface area contributed by atoms with Crippen molar-refractivity contribution >= 4 is 5.69 Å². The number of benzene rings is 5. The Bertz CT molecular complexity index is 1330. The SMILES string of the molecule is Cc1cc(C(c2ccccc2)c2ccc(F)cc2)c(N)c(C(c2ccccc2)c2ccc(F)cc2)c1. The van der Waals surface area contributed by atoms with Gasteiger partial charge in [0.05, 0.1) is 0 Å². The van der Waals surface area contributed by atoms with Crippen molar-refractivity contribution in [1.29, 1.82) is 0 Å². The van der Waals surface area contributed by atoms with Crippen molar-refractivity contribution in [2.45, 2.75) is 18.8 Å². The zero-order valence-electron chi connectivity index (χ0n) is 20.0. The molecule has 0 radical (unpaired) electrons. The second-order valence-corrected chi connectivity index (χ2v) is 9.15. The average Bonchev–Trinajstić information content (AvgIpc) is 2.90. The molecule has 0 aromatic heterocycles. The first-order chi connectivity index (χ1) is 17.5. The molecule has 0 amide bonds. The summed E-state index contributed by atoms with van der Waals surface area (Å²) >= 11 is 0. The third-order valence-corrected chi connectivity index (χ3v) is 6.68. The Morgan fingerprint density at radius 1 is 0.500 bits per heavy atom. The molecule has 0 aliphatic heterocycles. The quantitative estimate of drug-likeness (QED) is 0.194. The zero-order valence-corrected chi connectivity index (χ0v) is 20.0. The van der Waals surface area contributed by atoms with Crippen LogP contribution in [0.15, 0.2) is 121 Å². The van der Waals surface area contributed by atoms with Crippen molar-refractivity contribution in [2.24, 2.45) is 0 Å². The molecule has 0 saturated carbocycles. The number of nitrogen functional groups attached to an aromatic ring is 1. The molecular formula is C33H27F2N.